The smallest absolute Gasteiger partial charge is 0.464 e. The van der Waals surface area contributed by atoms with Gasteiger partial charge in [0.1, 0.15) is 0 Å². The number of methoxy groups -OCH3 is 1. The van der Waals surface area contributed by atoms with E-state index in [1.807, 2.05) is 0 Å². The Morgan fingerprint density at radius 2 is 2.05 bits per heavy atom. The highest BCUT2D eigenvalue weighted by molar-refractivity contribution is 6.17. The fourth-order valence-corrected chi connectivity index (χ4v) is 1.57. The number of ether oxygens (including phenoxy) is 2. The van der Waals surface area contributed by atoms with E-state index in [0.29, 0.717) is 6.07 Å². The number of hydrogen-bond acceptors (Lipinski definition) is 4. The topological polar surface area (TPSA) is 48.4 Å². The van der Waals surface area contributed by atoms with Crippen LogP contribution in [0.1, 0.15) is 28.0 Å². The summed E-state index contributed by atoms with van der Waals surface area (Å²) in [5.41, 5.74) is -2.27. The van der Waals surface area contributed by atoms with E-state index in [9.17, 15) is 26.7 Å². The molecule has 10 heteroatoms. The number of nitrogens with zero attached hydrogens (tertiary/aromatic N) is 1. The monoisotopic (exact) mass is 319 g/mol. The van der Waals surface area contributed by atoms with Crippen LogP contribution in [0.25, 0.3) is 0 Å². The SMILES string of the molecule is COC(=O)c1cc(C(F)F)c(CCl)c(OC(F)(F)F)n1. The lowest BCUT2D eigenvalue weighted by Gasteiger charge is -2.15. The molecule has 0 saturated heterocycles. The van der Waals surface area contributed by atoms with E-state index in [1.54, 1.807) is 0 Å². The normalized spacial score (nSPS) is 11.6. The van der Waals surface area contributed by atoms with E-state index in [0.717, 1.165) is 7.11 Å². The van der Waals surface area contributed by atoms with Crippen molar-refractivity contribution in [1.82, 2.24) is 4.98 Å². The van der Waals surface area contributed by atoms with Gasteiger partial charge in [0.25, 0.3) is 6.43 Å². The van der Waals surface area contributed by atoms with Crippen LogP contribution in [0.5, 0.6) is 5.88 Å². The van der Waals surface area contributed by atoms with Gasteiger partial charge in [-0.25, -0.2) is 18.6 Å². The maximum Gasteiger partial charge on any atom is 0.574 e. The van der Waals surface area contributed by atoms with Crippen LogP contribution in [0.4, 0.5) is 22.0 Å². The average molecular weight is 320 g/mol. The molecule has 0 aromatic carbocycles. The number of aromatic nitrogens is 1. The van der Waals surface area contributed by atoms with E-state index >= 15 is 0 Å². The summed E-state index contributed by atoms with van der Waals surface area (Å²) in [6.07, 6.45) is -8.33. The molecular formula is C10H7ClF5NO3. The van der Waals surface area contributed by atoms with Gasteiger partial charge in [0.05, 0.1) is 13.0 Å². The number of carbonyl (C=O) groups excluding carboxylic acids is 1. The van der Waals surface area contributed by atoms with Crippen LogP contribution in [-0.2, 0) is 10.6 Å². The molecule has 0 aliphatic rings. The average Bonchev–Trinajstić information content (AvgIpc) is 2.34. The summed E-state index contributed by atoms with van der Waals surface area (Å²) in [7, 11) is 0.922. The Morgan fingerprint density at radius 3 is 2.45 bits per heavy atom. The fraction of sp³-hybridized carbons (Fsp3) is 0.400. The highest BCUT2D eigenvalue weighted by Crippen LogP contribution is 2.33. The van der Waals surface area contributed by atoms with Gasteiger partial charge in [-0.05, 0) is 6.07 Å². The molecule has 4 nitrogen and oxygen atoms in total. The van der Waals surface area contributed by atoms with Crippen molar-refractivity contribution in [3.8, 4) is 5.88 Å². The van der Waals surface area contributed by atoms with E-state index in [-0.39, 0.29) is 0 Å². The largest absolute Gasteiger partial charge is 0.574 e. The highest BCUT2D eigenvalue weighted by Gasteiger charge is 2.34. The van der Waals surface area contributed by atoms with Gasteiger partial charge >= 0.3 is 12.3 Å². The molecule has 1 aromatic rings. The number of alkyl halides is 6. The Kier molecular flexibility index (Phi) is 5.09. The second-order valence-electron chi connectivity index (χ2n) is 3.35. The Morgan fingerprint density at radius 1 is 1.45 bits per heavy atom. The molecule has 0 atom stereocenters. The van der Waals surface area contributed by atoms with Crippen molar-refractivity contribution < 1.29 is 36.2 Å². The number of carbonyl (C=O) groups is 1. The molecule has 1 rings (SSSR count). The van der Waals surface area contributed by atoms with E-state index in [1.165, 1.54) is 0 Å². The zero-order chi connectivity index (χ0) is 15.5. The van der Waals surface area contributed by atoms with Gasteiger partial charge in [-0.1, -0.05) is 0 Å². The molecule has 0 radical (unpaired) electrons. The summed E-state index contributed by atoms with van der Waals surface area (Å²) < 4.78 is 69.9. The van der Waals surface area contributed by atoms with E-state index < -0.39 is 47.3 Å². The zero-order valence-electron chi connectivity index (χ0n) is 9.80. The van der Waals surface area contributed by atoms with Crippen LogP contribution in [0, 0.1) is 0 Å². The van der Waals surface area contributed by atoms with Crippen molar-refractivity contribution >= 4 is 17.6 Å². The summed E-state index contributed by atoms with van der Waals surface area (Å²) in [4.78, 5) is 14.4. The summed E-state index contributed by atoms with van der Waals surface area (Å²) in [5, 5.41) is 0. The third-order valence-corrected chi connectivity index (χ3v) is 2.36. The minimum absolute atomic E-state index is 0.609. The predicted octanol–water partition coefficient (Wildman–Crippen LogP) is 3.44. The third-order valence-electron chi connectivity index (χ3n) is 2.10. The quantitative estimate of drug-likeness (QED) is 0.484. The molecule has 1 heterocycles. The first kappa shape index (κ1) is 16.4. The third kappa shape index (κ3) is 3.92. The lowest BCUT2D eigenvalue weighted by molar-refractivity contribution is -0.276. The van der Waals surface area contributed by atoms with Crippen LogP contribution >= 0.6 is 11.6 Å². The van der Waals surface area contributed by atoms with Crippen molar-refractivity contribution in [1.29, 1.82) is 0 Å². The van der Waals surface area contributed by atoms with Crippen LogP contribution < -0.4 is 4.74 Å². The van der Waals surface area contributed by atoms with Gasteiger partial charge in [-0.2, -0.15) is 0 Å². The minimum atomic E-state index is -5.16. The number of pyridine rings is 1. The standard InChI is InChI=1S/C10H7ClF5NO3/c1-19-9(18)6-2-4(7(12)13)5(3-11)8(17-6)20-10(14,15)16/h2,7H,3H2,1H3. The lowest BCUT2D eigenvalue weighted by Crippen LogP contribution is -2.20. The van der Waals surface area contributed by atoms with Crippen molar-refractivity contribution in [2.45, 2.75) is 18.7 Å². The van der Waals surface area contributed by atoms with E-state index in [4.69, 9.17) is 11.6 Å². The van der Waals surface area contributed by atoms with Crippen LogP contribution in [0.15, 0.2) is 6.07 Å². The number of hydrogen-bond donors (Lipinski definition) is 0. The molecule has 0 aliphatic heterocycles. The van der Waals surface area contributed by atoms with Gasteiger partial charge in [0, 0.05) is 11.1 Å². The highest BCUT2D eigenvalue weighted by atomic mass is 35.5. The second-order valence-corrected chi connectivity index (χ2v) is 3.62. The molecule has 20 heavy (non-hydrogen) atoms. The molecule has 0 saturated carbocycles. The Bertz CT molecular complexity index is 506. The molecule has 0 unspecified atom stereocenters. The lowest BCUT2D eigenvalue weighted by atomic mass is 10.1. The van der Waals surface area contributed by atoms with Gasteiger partial charge in [0.2, 0.25) is 5.88 Å². The first-order valence-corrected chi connectivity index (χ1v) is 5.45. The molecule has 0 fully saturated rings. The van der Waals surface area contributed by atoms with Crippen molar-refractivity contribution in [3.05, 3.63) is 22.9 Å². The van der Waals surface area contributed by atoms with Crippen LogP contribution in [0.2, 0.25) is 0 Å². The zero-order valence-corrected chi connectivity index (χ0v) is 10.6. The number of esters is 1. The Labute approximate surface area is 114 Å². The van der Waals surface area contributed by atoms with Crippen molar-refractivity contribution in [2.24, 2.45) is 0 Å². The van der Waals surface area contributed by atoms with Gasteiger partial charge in [-0.15, -0.1) is 24.8 Å². The molecule has 0 spiro atoms. The van der Waals surface area contributed by atoms with Crippen LogP contribution in [0.3, 0.4) is 0 Å². The predicted molar refractivity (Wildman–Crippen MR) is 56.8 cm³/mol. The first-order chi connectivity index (χ1) is 9.19. The molecule has 1 aromatic heterocycles. The van der Waals surface area contributed by atoms with Gasteiger partial charge < -0.3 is 9.47 Å². The summed E-state index contributed by atoms with van der Waals surface area (Å²) in [6.45, 7) is 0. The molecule has 0 amide bonds. The van der Waals surface area contributed by atoms with Crippen molar-refractivity contribution in [3.63, 3.8) is 0 Å². The van der Waals surface area contributed by atoms with Gasteiger partial charge in [-0.3, -0.25) is 0 Å². The first-order valence-electron chi connectivity index (χ1n) is 4.91. The summed E-state index contributed by atoms with van der Waals surface area (Å²) in [5.74, 6) is -3.08. The fourth-order valence-electron chi connectivity index (χ4n) is 1.30. The number of halogens is 6. The van der Waals surface area contributed by atoms with Gasteiger partial charge in [0.15, 0.2) is 5.69 Å². The molecule has 112 valence electrons. The van der Waals surface area contributed by atoms with Crippen LogP contribution in [-0.4, -0.2) is 24.4 Å². The summed E-state index contributed by atoms with van der Waals surface area (Å²) in [6, 6.07) is 0.609. The second kappa shape index (κ2) is 6.21. The molecule has 0 aliphatic carbocycles. The Hall–Kier alpha value is -1.64. The minimum Gasteiger partial charge on any atom is -0.464 e. The molecule has 0 bridgehead atoms. The van der Waals surface area contributed by atoms with E-state index in [2.05, 4.69) is 14.5 Å². The summed E-state index contributed by atoms with van der Waals surface area (Å²) >= 11 is 5.34. The maximum atomic E-state index is 12.8. The molecular weight excluding hydrogens is 313 g/mol. The number of rotatable bonds is 4. The maximum absolute atomic E-state index is 12.8. The Balaban J connectivity index is 3.45. The van der Waals surface area contributed by atoms with Crippen molar-refractivity contribution in [2.75, 3.05) is 7.11 Å². The molecule has 0 N–H and O–H groups in total.